The van der Waals surface area contributed by atoms with Crippen LogP contribution < -0.4 is 4.90 Å². The van der Waals surface area contributed by atoms with Crippen LogP contribution in [0.25, 0.3) is 44.1 Å². The summed E-state index contributed by atoms with van der Waals surface area (Å²) < 4.78 is 6.24. The molecule has 0 aliphatic carbocycles. The van der Waals surface area contributed by atoms with Crippen LogP contribution in [-0.2, 0) is 0 Å². The number of nitrogens with zero attached hydrogens (tertiary/aromatic N) is 2. The molecule has 0 bridgehead atoms. The Hall–Kier alpha value is -5.15. The third kappa shape index (κ3) is 4.00. The Morgan fingerprint density at radius 3 is 1.84 bits per heavy atom. The minimum absolute atomic E-state index is 0.538. The SMILES string of the molecule is c1ccc(-c2ccc(N(c3ccc(-c4cccc5ccccc45)cc3)c3nc4ccccc4o3)cc2)cc1. The number of rotatable bonds is 5. The topological polar surface area (TPSA) is 29.3 Å². The van der Waals surface area contributed by atoms with Crippen molar-refractivity contribution in [2.24, 2.45) is 0 Å². The third-order valence-electron chi connectivity index (χ3n) is 6.93. The summed E-state index contributed by atoms with van der Waals surface area (Å²) in [5.74, 6) is 0. The summed E-state index contributed by atoms with van der Waals surface area (Å²) >= 11 is 0. The molecule has 3 nitrogen and oxygen atoms in total. The number of para-hydroxylation sites is 2. The highest BCUT2D eigenvalue weighted by Gasteiger charge is 2.19. The number of anilines is 3. The summed E-state index contributed by atoms with van der Waals surface area (Å²) in [7, 11) is 0. The van der Waals surface area contributed by atoms with Gasteiger partial charge in [-0.1, -0.05) is 109 Å². The Labute approximate surface area is 221 Å². The van der Waals surface area contributed by atoms with Crippen molar-refractivity contribution in [2.75, 3.05) is 4.90 Å². The molecule has 38 heavy (non-hydrogen) atoms. The molecule has 0 atom stereocenters. The molecule has 7 rings (SSSR count). The highest BCUT2D eigenvalue weighted by atomic mass is 16.4. The van der Waals surface area contributed by atoms with Gasteiger partial charge in [0, 0.05) is 0 Å². The minimum Gasteiger partial charge on any atom is -0.423 e. The predicted molar refractivity (Wildman–Crippen MR) is 157 cm³/mol. The summed E-state index contributed by atoms with van der Waals surface area (Å²) in [6.45, 7) is 0. The minimum atomic E-state index is 0.538. The van der Waals surface area contributed by atoms with Crippen LogP contribution >= 0.6 is 0 Å². The number of oxazole rings is 1. The summed E-state index contributed by atoms with van der Waals surface area (Å²) in [5, 5.41) is 2.48. The molecule has 0 aliphatic rings. The van der Waals surface area contributed by atoms with Gasteiger partial charge in [0.05, 0.1) is 11.4 Å². The second kappa shape index (κ2) is 9.38. The fourth-order valence-corrected chi connectivity index (χ4v) is 5.03. The Kier molecular flexibility index (Phi) is 5.45. The van der Waals surface area contributed by atoms with E-state index in [0.717, 1.165) is 28.0 Å². The smallest absolute Gasteiger partial charge is 0.307 e. The van der Waals surface area contributed by atoms with E-state index in [-0.39, 0.29) is 0 Å². The van der Waals surface area contributed by atoms with Crippen LogP contribution in [0.4, 0.5) is 17.4 Å². The molecule has 180 valence electrons. The summed E-state index contributed by atoms with van der Waals surface area (Å²) in [6.07, 6.45) is 0. The monoisotopic (exact) mass is 488 g/mol. The number of aromatic nitrogens is 1. The van der Waals surface area contributed by atoms with E-state index in [4.69, 9.17) is 9.40 Å². The van der Waals surface area contributed by atoms with Crippen molar-refractivity contribution in [3.63, 3.8) is 0 Å². The van der Waals surface area contributed by atoms with Gasteiger partial charge in [-0.25, -0.2) is 0 Å². The fourth-order valence-electron chi connectivity index (χ4n) is 5.03. The lowest BCUT2D eigenvalue weighted by molar-refractivity contribution is 0.608. The van der Waals surface area contributed by atoms with E-state index in [1.54, 1.807) is 0 Å². The van der Waals surface area contributed by atoms with Crippen molar-refractivity contribution in [1.29, 1.82) is 0 Å². The molecule has 3 heteroatoms. The molecule has 1 aromatic heterocycles. The Morgan fingerprint density at radius 2 is 1.08 bits per heavy atom. The van der Waals surface area contributed by atoms with Crippen LogP contribution in [0.1, 0.15) is 0 Å². The fraction of sp³-hybridized carbons (Fsp3) is 0. The zero-order valence-corrected chi connectivity index (χ0v) is 20.7. The highest BCUT2D eigenvalue weighted by molar-refractivity contribution is 5.97. The predicted octanol–water partition coefficient (Wildman–Crippen LogP) is 9.78. The number of hydrogen-bond donors (Lipinski definition) is 0. The van der Waals surface area contributed by atoms with E-state index in [0.29, 0.717) is 6.01 Å². The second-order valence-corrected chi connectivity index (χ2v) is 9.29. The van der Waals surface area contributed by atoms with Gasteiger partial charge in [-0.2, -0.15) is 4.98 Å². The van der Waals surface area contributed by atoms with Crippen molar-refractivity contribution < 1.29 is 4.42 Å². The molecule has 0 radical (unpaired) electrons. The Balaban J connectivity index is 1.32. The number of hydrogen-bond acceptors (Lipinski definition) is 3. The number of benzene rings is 6. The average Bonchev–Trinajstić information content (AvgIpc) is 3.42. The molecular formula is C35H24N2O. The maximum atomic E-state index is 6.24. The molecule has 0 saturated heterocycles. The quantitative estimate of drug-likeness (QED) is 0.241. The summed E-state index contributed by atoms with van der Waals surface area (Å²) in [4.78, 5) is 6.90. The van der Waals surface area contributed by atoms with Crippen LogP contribution in [0.3, 0.4) is 0 Å². The molecule has 6 aromatic carbocycles. The molecule has 0 spiro atoms. The van der Waals surface area contributed by atoms with Crippen LogP contribution in [0.2, 0.25) is 0 Å². The average molecular weight is 489 g/mol. The first-order chi connectivity index (χ1) is 18.8. The lowest BCUT2D eigenvalue weighted by Crippen LogP contribution is -2.10. The Bertz CT molecular complexity index is 1810. The van der Waals surface area contributed by atoms with E-state index in [1.807, 2.05) is 30.3 Å². The van der Waals surface area contributed by atoms with Crippen LogP contribution in [0, 0.1) is 0 Å². The zero-order valence-electron chi connectivity index (χ0n) is 20.7. The molecule has 0 aliphatic heterocycles. The second-order valence-electron chi connectivity index (χ2n) is 9.29. The molecular weight excluding hydrogens is 464 g/mol. The van der Waals surface area contributed by atoms with Gasteiger partial charge in [0.25, 0.3) is 0 Å². The first kappa shape index (κ1) is 22.1. The highest BCUT2D eigenvalue weighted by Crippen LogP contribution is 2.38. The first-order valence-electron chi connectivity index (χ1n) is 12.7. The summed E-state index contributed by atoms with van der Waals surface area (Å²) in [6, 6.07) is 50.9. The summed E-state index contributed by atoms with van der Waals surface area (Å²) in [5.41, 5.74) is 8.30. The van der Waals surface area contributed by atoms with Crippen molar-refractivity contribution >= 4 is 39.3 Å². The molecule has 0 saturated carbocycles. The number of fused-ring (bicyclic) bond motifs is 2. The normalized spacial score (nSPS) is 11.2. The zero-order chi connectivity index (χ0) is 25.3. The van der Waals surface area contributed by atoms with Gasteiger partial charge >= 0.3 is 6.01 Å². The van der Waals surface area contributed by atoms with E-state index in [2.05, 4.69) is 120 Å². The first-order valence-corrected chi connectivity index (χ1v) is 12.7. The van der Waals surface area contributed by atoms with Crippen LogP contribution in [0.15, 0.2) is 150 Å². The van der Waals surface area contributed by atoms with Gasteiger partial charge in [-0.3, -0.25) is 4.90 Å². The van der Waals surface area contributed by atoms with Gasteiger partial charge < -0.3 is 4.42 Å². The lowest BCUT2D eigenvalue weighted by atomic mass is 9.98. The van der Waals surface area contributed by atoms with Crippen molar-refractivity contribution in [3.8, 4) is 22.3 Å². The van der Waals surface area contributed by atoms with Gasteiger partial charge in [-0.15, -0.1) is 0 Å². The van der Waals surface area contributed by atoms with Crippen LogP contribution in [-0.4, -0.2) is 4.98 Å². The van der Waals surface area contributed by atoms with Gasteiger partial charge in [0.2, 0.25) is 0 Å². The van der Waals surface area contributed by atoms with Crippen molar-refractivity contribution in [2.45, 2.75) is 0 Å². The standard InChI is InChI=1S/C35H24N2O/c1-2-9-25(10-3-1)26-17-21-29(22-18-26)37(35-36-33-15-6-7-16-34(33)38-35)30-23-19-28(20-24-30)32-14-8-12-27-11-4-5-13-31(27)32/h1-24H. The maximum Gasteiger partial charge on any atom is 0.307 e. The van der Waals surface area contributed by atoms with E-state index >= 15 is 0 Å². The third-order valence-corrected chi connectivity index (χ3v) is 6.93. The van der Waals surface area contributed by atoms with Gasteiger partial charge in [0.15, 0.2) is 5.58 Å². The molecule has 7 aromatic rings. The van der Waals surface area contributed by atoms with E-state index in [1.165, 1.54) is 27.5 Å². The maximum absolute atomic E-state index is 6.24. The molecule has 0 fully saturated rings. The lowest BCUT2D eigenvalue weighted by Gasteiger charge is -2.22. The van der Waals surface area contributed by atoms with E-state index < -0.39 is 0 Å². The van der Waals surface area contributed by atoms with Crippen molar-refractivity contribution in [1.82, 2.24) is 4.98 Å². The molecule has 0 unspecified atom stereocenters. The largest absolute Gasteiger partial charge is 0.423 e. The van der Waals surface area contributed by atoms with Crippen LogP contribution in [0.5, 0.6) is 0 Å². The molecule has 1 heterocycles. The Morgan fingerprint density at radius 1 is 0.474 bits per heavy atom. The van der Waals surface area contributed by atoms with Crippen molar-refractivity contribution in [3.05, 3.63) is 146 Å². The van der Waals surface area contributed by atoms with E-state index in [9.17, 15) is 0 Å². The molecule has 0 amide bonds. The van der Waals surface area contributed by atoms with Gasteiger partial charge in [-0.05, 0) is 69.4 Å². The molecule has 0 N–H and O–H groups in total. The van der Waals surface area contributed by atoms with Gasteiger partial charge in [0.1, 0.15) is 5.52 Å².